The van der Waals surface area contributed by atoms with Gasteiger partial charge in [0, 0.05) is 30.1 Å². The van der Waals surface area contributed by atoms with Crippen molar-refractivity contribution in [1.82, 2.24) is 19.7 Å². The zero-order chi connectivity index (χ0) is 24.4. The van der Waals surface area contributed by atoms with Gasteiger partial charge in [0.25, 0.3) is 0 Å². The van der Waals surface area contributed by atoms with Gasteiger partial charge in [0.1, 0.15) is 11.6 Å². The molecule has 0 spiro atoms. The predicted octanol–water partition coefficient (Wildman–Crippen LogP) is 5.12. The number of rotatable bonds is 6. The standard InChI is InChI=1S/C26H18F2N4O2S/c27-20-5-1-18(2-6-20)25-26(19-3-7-21(28)8-4-19)32-24-15-22(9-10-23(24)31-25)35(33,34)30-16-17-11-13-29-14-12-17/h1-15,30H,16H2. The number of benzene rings is 3. The van der Waals surface area contributed by atoms with Crippen molar-refractivity contribution < 1.29 is 17.2 Å². The monoisotopic (exact) mass is 488 g/mol. The van der Waals surface area contributed by atoms with Crippen LogP contribution < -0.4 is 4.72 Å². The van der Waals surface area contributed by atoms with Gasteiger partial charge in [0.15, 0.2) is 0 Å². The van der Waals surface area contributed by atoms with E-state index in [0.29, 0.717) is 33.5 Å². The van der Waals surface area contributed by atoms with Gasteiger partial charge in [-0.1, -0.05) is 0 Å². The van der Waals surface area contributed by atoms with Crippen LogP contribution in [-0.2, 0) is 16.6 Å². The summed E-state index contributed by atoms with van der Waals surface area (Å²) in [5.74, 6) is -0.792. The Morgan fingerprint density at radius 3 is 1.80 bits per heavy atom. The van der Waals surface area contributed by atoms with Gasteiger partial charge in [0.05, 0.1) is 27.3 Å². The molecule has 0 aliphatic carbocycles. The Labute approximate surface area is 200 Å². The lowest BCUT2D eigenvalue weighted by atomic mass is 10.0. The van der Waals surface area contributed by atoms with E-state index >= 15 is 0 Å². The average Bonchev–Trinajstić information content (AvgIpc) is 2.88. The zero-order valence-corrected chi connectivity index (χ0v) is 19.0. The molecule has 0 amide bonds. The van der Waals surface area contributed by atoms with Crippen LogP contribution in [0.5, 0.6) is 0 Å². The van der Waals surface area contributed by atoms with Crippen molar-refractivity contribution in [3.8, 4) is 22.5 Å². The highest BCUT2D eigenvalue weighted by atomic mass is 32.2. The molecule has 2 heterocycles. The van der Waals surface area contributed by atoms with E-state index in [1.54, 1.807) is 54.9 Å². The lowest BCUT2D eigenvalue weighted by molar-refractivity contribution is 0.581. The number of nitrogens with zero attached hydrogens (tertiary/aromatic N) is 3. The number of halogens is 2. The summed E-state index contributed by atoms with van der Waals surface area (Å²) in [6.07, 6.45) is 3.18. The summed E-state index contributed by atoms with van der Waals surface area (Å²) in [5, 5.41) is 0. The molecule has 9 heteroatoms. The summed E-state index contributed by atoms with van der Waals surface area (Å²) in [4.78, 5) is 13.3. The molecule has 0 bridgehead atoms. The van der Waals surface area contributed by atoms with Crippen molar-refractivity contribution in [2.45, 2.75) is 11.4 Å². The van der Waals surface area contributed by atoms with E-state index in [-0.39, 0.29) is 17.3 Å². The third-order valence-corrected chi connectivity index (χ3v) is 6.80. The van der Waals surface area contributed by atoms with Gasteiger partial charge >= 0.3 is 0 Å². The first kappa shape index (κ1) is 22.7. The Morgan fingerprint density at radius 1 is 0.686 bits per heavy atom. The number of fused-ring (bicyclic) bond motifs is 1. The van der Waals surface area contributed by atoms with Crippen LogP contribution in [0.15, 0.2) is 96.2 Å². The molecule has 5 rings (SSSR count). The van der Waals surface area contributed by atoms with Gasteiger partial charge in [-0.15, -0.1) is 0 Å². The van der Waals surface area contributed by atoms with Gasteiger partial charge in [-0.05, 0) is 84.4 Å². The van der Waals surface area contributed by atoms with Crippen molar-refractivity contribution >= 4 is 21.1 Å². The van der Waals surface area contributed by atoms with E-state index < -0.39 is 15.8 Å². The quantitative estimate of drug-likeness (QED) is 0.359. The first-order valence-corrected chi connectivity index (χ1v) is 12.1. The van der Waals surface area contributed by atoms with Gasteiger partial charge in [-0.25, -0.2) is 31.9 Å². The van der Waals surface area contributed by atoms with Crippen LogP contribution in [0.4, 0.5) is 8.78 Å². The van der Waals surface area contributed by atoms with Crippen molar-refractivity contribution in [3.63, 3.8) is 0 Å². The van der Waals surface area contributed by atoms with Crippen LogP contribution in [-0.4, -0.2) is 23.4 Å². The number of sulfonamides is 1. The number of aromatic nitrogens is 3. The average molecular weight is 489 g/mol. The molecule has 35 heavy (non-hydrogen) atoms. The molecule has 0 atom stereocenters. The van der Waals surface area contributed by atoms with E-state index in [0.717, 1.165) is 5.56 Å². The van der Waals surface area contributed by atoms with Crippen LogP contribution in [0.25, 0.3) is 33.5 Å². The highest BCUT2D eigenvalue weighted by molar-refractivity contribution is 7.89. The molecule has 6 nitrogen and oxygen atoms in total. The summed E-state index contributed by atoms with van der Waals surface area (Å²) in [5.41, 5.74) is 3.68. The lowest BCUT2D eigenvalue weighted by Gasteiger charge is -2.12. The van der Waals surface area contributed by atoms with Gasteiger partial charge < -0.3 is 0 Å². The summed E-state index contributed by atoms with van der Waals surface area (Å²) in [6.45, 7) is 0.110. The fourth-order valence-corrected chi connectivity index (χ4v) is 4.62. The molecular weight excluding hydrogens is 470 g/mol. The molecule has 1 N–H and O–H groups in total. The van der Waals surface area contributed by atoms with E-state index in [1.165, 1.54) is 36.4 Å². The van der Waals surface area contributed by atoms with Crippen LogP contribution in [0.3, 0.4) is 0 Å². The smallest absolute Gasteiger partial charge is 0.240 e. The molecule has 0 unspecified atom stereocenters. The molecule has 0 radical (unpaired) electrons. The van der Waals surface area contributed by atoms with Crippen molar-refractivity contribution in [2.75, 3.05) is 0 Å². The SMILES string of the molecule is O=S(=O)(NCc1ccncc1)c1ccc2nc(-c3ccc(F)cc3)c(-c3ccc(F)cc3)nc2c1. The summed E-state index contributed by atoms with van der Waals surface area (Å²) in [6, 6.07) is 19.5. The van der Waals surface area contributed by atoms with Crippen molar-refractivity contribution in [3.05, 3.63) is 108 Å². The Bertz CT molecular complexity index is 1610. The fraction of sp³-hybridized carbons (Fsp3) is 0.0385. The maximum Gasteiger partial charge on any atom is 0.240 e. The number of hydrogen-bond donors (Lipinski definition) is 1. The highest BCUT2D eigenvalue weighted by Gasteiger charge is 2.18. The molecule has 5 aromatic rings. The normalized spacial score (nSPS) is 11.6. The maximum atomic E-state index is 13.5. The first-order chi connectivity index (χ1) is 16.9. The van der Waals surface area contributed by atoms with Gasteiger partial charge in [-0.3, -0.25) is 4.98 Å². The molecule has 0 saturated carbocycles. The van der Waals surface area contributed by atoms with Crippen LogP contribution in [0.1, 0.15) is 5.56 Å². The Kier molecular flexibility index (Phi) is 6.02. The lowest BCUT2D eigenvalue weighted by Crippen LogP contribution is -2.23. The number of nitrogens with one attached hydrogen (secondary N) is 1. The highest BCUT2D eigenvalue weighted by Crippen LogP contribution is 2.32. The molecule has 2 aromatic heterocycles. The van der Waals surface area contributed by atoms with Gasteiger partial charge in [0.2, 0.25) is 10.0 Å². The van der Waals surface area contributed by atoms with E-state index in [1.807, 2.05) is 0 Å². The molecule has 0 saturated heterocycles. The number of hydrogen-bond acceptors (Lipinski definition) is 5. The maximum absolute atomic E-state index is 13.5. The second kappa shape index (κ2) is 9.28. The summed E-state index contributed by atoms with van der Waals surface area (Å²) in [7, 11) is -3.83. The van der Waals surface area contributed by atoms with Crippen molar-refractivity contribution in [2.24, 2.45) is 0 Å². The molecule has 0 fully saturated rings. The molecule has 0 aliphatic heterocycles. The van der Waals surface area contributed by atoms with Gasteiger partial charge in [-0.2, -0.15) is 0 Å². The van der Waals surface area contributed by atoms with Crippen LogP contribution in [0, 0.1) is 11.6 Å². The second-order valence-corrected chi connectivity index (χ2v) is 9.53. The fourth-order valence-electron chi connectivity index (χ4n) is 3.58. The Balaban J connectivity index is 1.59. The Morgan fingerprint density at radius 2 is 1.23 bits per heavy atom. The Hall–Kier alpha value is -4.08. The van der Waals surface area contributed by atoms with E-state index in [2.05, 4.69) is 19.7 Å². The minimum Gasteiger partial charge on any atom is -0.265 e. The molecule has 3 aromatic carbocycles. The summed E-state index contributed by atoms with van der Waals surface area (Å²) < 4.78 is 55.4. The third-order valence-electron chi connectivity index (χ3n) is 5.40. The number of pyridine rings is 1. The first-order valence-electron chi connectivity index (χ1n) is 10.6. The second-order valence-electron chi connectivity index (χ2n) is 7.77. The third kappa shape index (κ3) is 4.91. The molecular formula is C26H18F2N4O2S. The summed E-state index contributed by atoms with van der Waals surface area (Å²) >= 11 is 0. The molecule has 0 aliphatic rings. The van der Waals surface area contributed by atoms with Crippen molar-refractivity contribution in [1.29, 1.82) is 0 Å². The van der Waals surface area contributed by atoms with E-state index in [9.17, 15) is 17.2 Å². The predicted molar refractivity (Wildman–Crippen MR) is 129 cm³/mol. The minimum absolute atomic E-state index is 0.0351. The van der Waals surface area contributed by atoms with Crippen LogP contribution in [0.2, 0.25) is 0 Å². The van der Waals surface area contributed by atoms with E-state index in [4.69, 9.17) is 0 Å². The zero-order valence-electron chi connectivity index (χ0n) is 18.2. The topological polar surface area (TPSA) is 84.8 Å². The minimum atomic E-state index is -3.83. The largest absolute Gasteiger partial charge is 0.265 e. The van der Waals surface area contributed by atoms with Crippen LogP contribution >= 0.6 is 0 Å². The molecule has 174 valence electrons.